The second kappa shape index (κ2) is 12.0. The van der Waals surface area contributed by atoms with Crippen molar-refractivity contribution in [2.24, 2.45) is 0 Å². The van der Waals surface area contributed by atoms with E-state index in [4.69, 9.17) is 35.8 Å². The molecule has 0 aliphatic heterocycles. The molecule has 212 valence electrons. The van der Waals surface area contributed by atoms with Crippen LogP contribution < -0.4 is 18.9 Å². The monoisotopic (exact) mass is 596 g/mol. The summed E-state index contributed by atoms with van der Waals surface area (Å²) in [7, 11) is -0.0460. The third kappa shape index (κ3) is 5.62. The van der Waals surface area contributed by atoms with Crippen LogP contribution in [0.3, 0.4) is 0 Å². The maximum absolute atomic E-state index is 11.8. The Balaban J connectivity index is 1.84. The van der Waals surface area contributed by atoms with Crippen LogP contribution in [0, 0.1) is 6.92 Å². The van der Waals surface area contributed by atoms with Gasteiger partial charge in [0, 0.05) is 18.5 Å². The predicted octanol–water partition coefficient (Wildman–Crippen LogP) is 3.25. The van der Waals surface area contributed by atoms with Crippen LogP contribution in [0.2, 0.25) is 5.15 Å². The fourth-order valence-corrected chi connectivity index (χ4v) is 4.85. The normalized spacial score (nSPS) is 12.0. The fourth-order valence-electron chi connectivity index (χ4n) is 4.17. The van der Waals surface area contributed by atoms with Gasteiger partial charge in [-0.1, -0.05) is 23.7 Å². The molecule has 0 bridgehead atoms. The van der Waals surface area contributed by atoms with Crippen molar-refractivity contribution >= 4 is 33.8 Å². The molecule has 0 aliphatic carbocycles. The molecule has 41 heavy (non-hydrogen) atoms. The lowest BCUT2D eigenvalue weighted by molar-refractivity contribution is 0.327. The summed E-state index contributed by atoms with van der Waals surface area (Å²) < 4.78 is 44.8. The summed E-state index contributed by atoms with van der Waals surface area (Å²) in [5, 5.41) is -0.0877. The molecule has 0 saturated carbocycles. The Morgan fingerprint density at radius 2 is 1.66 bits per heavy atom. The van der Waals surface area contributed by atoms with Gasteiger partial charge in [0.25, 0.3) is 0 Å². The van der Waals surface area contributed by atoms with Gasteiger partial charge in [0.1, 0.15) is 34.6 Å². The number of aryl methyl sites for hydroxylation is 1. The van der Waals surface area contributed by atoms with Crippen molar-refractivity contribution in [3.8, 4) is 34.6 Å². The molecule has 0 aliphatic rings. The number of nitrogens with zero attached hydrogens (tertiary/aromatic N) is 7. The molecule has 15 heteroatoms. The lowest BCUT2D eigenvalue weighted by atomic mass is 10.2. The fraction of sp³-hybridized carbons (Fsp3) is 0.231. The standard InChI is InChI=1S/C26H25ClN8O5S/c1-5-40-18-11-6-8-15(30-18)25-33-24-26(35(25)21-16(38-3)9-7-10-17(21)39-4)31-19(22(27)32-24)20(34-41(36)37)23-28-12-14(2)13-29-23/h6-13,20,41H,5H2,1-4H3,(H,34,36,37). The molecule has 13 nitrogen and oxygen atoms in total. The number of imidazole rings is 1. The minimum absolute atomic E-state index is 0.0693. The number of aromatic nitrogens is 7. The molecule has 0 fully saturated rings. The Morgan fingerprint density at radius 1 is 0.976 bits per heavy atom. The molecule has 0 saturated heterocycles. The van der Waals surface area contributed by atoms with Crippen molar-refractivity contribution < 1.29 is 22.6 Å². The highest BCUT2D eigenvalue weighted by molar-refractivity contribution is 7.70. The van der Waals surface area contributed by atoms with Crippen LogP contribution in [-0.4, -0.2) is 63.7 Å². The number of halogens is 1. The van der Waals surface area contributed by atoms with Crippen LogP contribution in [0.25, 0.3) is 28.5 Å². The van der Waals surface area contributed by atoms with Gasteiger partial charge in [0.2, 0.25) is 16.8 Å². The van der Waals surface area contributed by atoms with Crippen LogP contribution in [0.15, 0.2) is 48.8 Å². The summed E-state index contributed by atoms with van der Waals surface area (Å²) in [5.41, 5.74) is 2.17. The van der Waals surface area contributed by atoms with Gasteiger partial charge in [0.15, 0.2) is 28.1 Å². The number of thiol groups is 1. The maximum Gasteiger partial charge on any atom is 0.213 e. The minimum atomic E-state index is -3.10. The number of ether oxygens (including phenoxy) is 3. The van der Waals surface area contributed by atoms with Crippen LogP contribution in [0.4, 0.5) is 0 Å². The molecule has 0 spiro atoms. The van der Waals surface area contributed by atoms with E-state index >= 15 is 0 Å². The SMILES string of the molecule is CCOc1cccc(-c2nc3nc(Cl)c(C(N[SH](=O)=O)c4ncc(C)cn4)nc3n2-c2c(OC)cccc2OC)n1. The van der Waals surface area contributed by atoms with E-state index in [1.807, 2.05) is 13.8 Å². The van der Waals surface area contributed by atoms with Crippen molar-refractivity contribution in [1.29, 1.82) is 0 Å². The number of hydrogen-bond donors (Lipinski definition) is 2. The average molecular weight is 597 g/mol. The molecule has 0 amide bonds. The quantitative estimate of drug-likeness (QED) is 0.228. The Hall–Kier alpha value is -4.40. The van der Waals surface area contributed by atoms with E-state index in [2.05, 4.69) is 24.7 Å². The topological polar surface area (TPSA) is 156 Å². The lowest BCUT2D eigenvalue weighted by Gasteiger charge is -2.17. The van der Waals surface area contributed by atoms with Gasteiger partial charge in [-0.2, -0.15) is 0 Å². The summed E-state index contributed by atoms with van der Waals surface area (Å²) in [4.78, 5) is 27.2. The number of para-hydroxylation sites is 1. The molecular formula is C26H25ClN8O5S. The zero-order chi connectivity index (χ0) is 29.1. The van der Waals surface area contributed by atoms with E-state index in [9.17, 15) is 8.42 Å². The molecule has 5 rings (SSSR count). The highest BCUT2D eigenvalue weighted by Crippen LogP contribution is 2.38. The summed E-state index contributed by atoms with van der Waals surface area (Å²) in [6, 6.07) is 9.44. The van der Waals surface area contributed by atoms with Gasteiger partial charge in [-0.3, -0.25) is 4.57 Å². The molecule has 1 aromatic carbocycles. The molecule has 1 atom stereocenters. The Morgan fingerprint density at radius 3 is 2.29 bits per heavy atom. The zero-order valence-electron chi connectivity index (χ0n) is 22.4. The largest absolute Gasteiger partial charge is 0.494 e. The smallest absolute Gasteiger partial charge is 0.213 e. The first kappa shape index (κ1) is 28.1. The summed E-state index contributed by atoms with van der Waals surface area (Å²) >= 11 is 6.60. The van der Waals surface area contributed by atoms with E-state index in [-0.39, 0.29) is 28.0 Å². The molecule has 1 unspecified atom stereocenters. The number of pyridine rings is 1. The molecule has 0 radical (unpaired) electrons. The van der Waals surface area contributed by atoms with Crippen molar-refractivity contribution in [1.82, 2.24) is 39.2 Å². The van der Waals surface area contributed by atoms with Crippen molar-refractivity contribution in [2.75, 3.05) is 20.8 Å². The van der Waals surface area contributed by atoms with E-state index in [0.29, 0.717) is 41.2 Å². The number of methoxy groups -OCH3 is 2. The van der Waals surface area contributed by atoms with Gasteiger partial charge in [-0.05, 0) is 37.6 Å². The van der Waals surface area contributed by atoms with Crippen LogP contribution >= 0.6 is 11.6 Å². The predicted molar refractivity (Wildman–Crippen MR) is 151 cm³/mol. The average Bonchev–Trinajstić information content (AvgIpc) is 3.33. The minimum Gasteiger partial charge on any atom is -0.494 e. The van der Waals surface area contributed by atoms with Crippen LogP contribution in [0.5, 0.6) is 17.4 Å². The Labute approximate surface area is 241 Å². The van der Waals surface area contributed by atoms with Gasteiger partial charge in [-0.15, -0.1) is 0 Å². The van der Waals surface area contributed by atoms with E-state index in [1.54, 1.807) is 53.4 Å². The number of hydrogen-bond acceptors (Lipinski definition) is 11. The van der Waals surface area contributed by atoms with Crippen molar-refractivity contribution in [3.63, 3.8) is 0 Å². The molecule has 4 heterocycles. The van der Waals surface area contributed by atoms with Crippen LogP contribution in [0.1, 0.15) is 30.0 Å². The van der Waals surface area contributed by atoms with Crippen molar-refractivity contribution in [2.45, 2.75) is 19.9 Å². The molecule has 5 aromatic rings. The summed E-state index contributed by atoms with van der Waals surface area (Å²) in [6.45, 7) is 4.10. The number of nitrogens with one attached hydrogen (secondary N) is 1. The summed E-state index contributed by atoms with van der Waals surface area (Å²) in [6.07, 6.45) is 3.13. The second-order valence-electron chi connectivity index (χ2n) is 8.56. The van der Waals surface area contributed by atoms with E-state index in [0.717, 1.165) is 5.56 Å². The second-order valence-corrected chi connectivity index (χ2v) is 9.69. The molecular weight excluding hydrogens is 572 g/mol. The number of rotatable bonds is 10. The number of fused-ring (bicyclic) bond motifs is 1. The van der Waals surface area contributed by atoms with Crippen molar-refractivity contribution in [3.05, 3.63) is 71.0 Å². The maximum atomic E-state index is 11.8. The van der Waals surface area contributed by atoms with Crippen LogP contribution in [-0.2, 0) is 10.9 Å². The van der Waals surface area contributed by atoms with E-state index < -0.39 is 16.9 Å². The molecule has 4 aromatic heterocycles. The lowest BCUT2D eigenvalue weighted by Crippen LogP contribution is -2.25. The van der Waals surface area contributed by atoms with Gasteiger partial charge in [0.05, 0.1) is 20.8 Å². The molecule has 1 N–H and O–H groups in total. The summed E-state index contributed by atoms with van der Waals surface area (Å²) in [5.74, 6) is 1.77. The Bertz CT molecular complexity index is 1770. The third-order valence-electron chi connectivity index (χ3n) is 5.91. The van der Waals surface area contributed by atoms with E-state index in [1.165, 1.54) is 14.2 Å². The zero-order valence-corrected chi connectivity index (χ0v) is 24.1. The Kier molecular flexibility index (Phi) is 8.23. The van der Waals surface area contributed by atoms with Gasteiger partial charge >= 0.3 is 0 Å². The third-order valence-corrected chi connectivity index (χ3v) is 6.66. The van der Waals surface area contributed by atoms with Gasteiger partial charge in [-0.25, -0.2) is 43.0 Å². The first-order valence-electron chi connectivity index (χ1n) is 12.3. The first-order chi connectivity index (χ1) is 19.8. The van der Waals surface area contributed by atoms with Gasteiger partial charge < -0.3 is 14.2 Å². The highest BCUT2D eigenvalue weighted by Gasteiger charge is 2.29. The highest BCUT2D eigenvalue weighted by atomic mass is 35.5. The first-order valence-corrected chi connectivity index (χ1v) is 13.9. The number of benzene rings is 1.